The number of aliphatic carboxylic acids is 1. The first-order chi connectivity index (χ1) is 9.99. The molecule has 0 spiro atoms. The lowest BCUT2D eigenvalue weighted by atomic mass is 9.93. The van der Waals surface area contributed by atoms with Gasteiger partial charge >= 0.3 is 5.97 Å². The Balaban J connectivity index is 2.05. The molecule has 0 aliphatic carbocycles. The Hall–Kier alpha value is -1.11. The molecule has 4 nitrogen and oxygen atoms in total. The number of carboxylic acid groups (broad SMARTS) is 1. The van der Waals surface area contributed by atoms with Gasteiger partial charge in [0.05, 0.1) is 5.56 Å². The number of halogens is 1. The van der Waals surface area contributed by atoms with E-state index < -0.39 is 5.97 Å². The van der Waals surface area contributed by atoms with Crippen molar-refractivity contribution in [1.29, 1.82) is 0 Å². The number of piperidine rings is 1. The summed E-state index contributed by atoms with van der Waals surface area (Å²) in [6.45, 7) is 3.45. The van der Waals surface area contributed by atoms with Crippen molar-refractivity contribution in [1.82, 2.24) is 4.90 Å². The zero-order valence-corrected chi connectivity index (χ0v) is 14.3. The number of carbonyl (C=O) groups is 2. The molecule has 5 heteroatoms. The zero-order chi connectivity index (χ0) is 15.4. The van der Waals surface area contributed by atoms with Gasteiger partial charge in [-0.1, -0.05) is 12.1 Å². The van der Waals surface area contributed by atoms with Gasteiger partial charge in [-0.15, -0.1) is 0 Å². The van der Waals surface area contributed by atoms with Crippen LogP contribution in [0, 0.1) is 16.4 Å². The fourth-order valence-corrected chi connectivity index (χ4v) is 3.39. The largest absolute Gasteiger partial charge is 0.481 e. The first-order valence-corrected chi connectivity index (χ1v) is 8.33. The number of benzene rings is 1. The molecule has 114 valence electrons. The lowest BCUT2D eigenvalue weighted by Crippen LogP contribution is -2.40. The maximum absolute atomic E-state index is 12.7. The average Bonchev–Trinajstić information content (AvgIpc) is 2.47. The smallest absolute Gasteiger partial charge is 0.303 e. The van der Waals surface area contributed by atoms with Crippen molar-refractivity contribution in [2.24, 2.45) is 5.92 Å². The van der Waals surface area contributed by atoms with E-state index in [1.165, 1.54) is 0 Å². The average molecular weight is 401 g/mol. The van der Waals surface area contributed by atoms with E-state index in [2.05, 4.69) is 22.6 Å². The van der Waals surface area contributed by atoms with E-state index in [-0.39, 0.29) is 12.3 Å². The molecule has 0 aromatic heterocycles. The third-order valence-corrected chi connectivity index (χ3v) is 5.43. The van der Waals surface area contributed by atoms with Crippen LogP contribution in [-0.4, -0.2) is 35.0 Å². The van der Waals surface area contributed by atoms with Crippen LogP contribution in [0.3, 0.4) is 0 Å². The third kappa shape index (κ3) is 4.18. The van der Waals surface area contributed by atoms with Crippen molar-refractivity contribution in [2.45, 2.75) is 32.6 Å². The number of carboxylic acids is 1. The van der Waals surface area contributed by atoms with Gasteiger partial charge < -0.3 is 10.0 Å². The van der Waals surface area contributed by atoms with Crippen LogP contribution in [0.1, 0.15) is 41.6 Å². The van der Waals surface area contributed by atoms with Gasteiger partial charge in [0.1, 0.15) is 0 Å². The van der Waals surface area contributed by atoms with Gasteiger partial charge in [0.2, 0.25) is 0 Å². The number of rotatable bonds is 4. The van der Waals surface area contributed by atoms with E-state index >= 15 is 0 Å². The molecule has 0 bridgehead atoms. The van der Waals surface area contributed by atoms with E-state index in [1.54, 1.807) is 0 Å². The Bertz CT molecular complexity index is 544. The lowest BCUT2D eigenvalue weighted by Gasteiger charge is -2.33. The first kappa shape index (κ1) is 16.3. The van der Waals surface area contributed by atoms with Gasteiger partial charge in [-0.05, 0) is 66.3 Å². The normalized spacial score (nSPS) is 18.6. The van der Waals surface area contributed by atoms with E-state index in [0.29, 0.717) is 18.9 Å². The van der Waals surface area contributed by atoms with Crippen molar-refractivity contribution in [3.05, 3.63) is 32.9 Å². The van der Waals surface area contributed by atoms with Crippen molar-refractivity contribution in [2.75, 3.05) is 13.1 Å². The highest BCUT2D eigenvalue weighted by molar-refractivity contribution is 14.1. The molecule has 1 amide bonds. The molecule has 1 aromatic rings. The highest BCUT2D eigenvalue weighted by Crippen LogP contribution is 2.24. The number of hydrogen-bond donors (Lipinski definition) is 1. The predicted molar refractivity (Wildman–Crippen MR) is 89.4 cm³/mol. The van der Waals surface area contributed by atoms with Gasteiger partial charge in [0.25, 0.3) is 5.91 Å². The number of carbonyl (C=O) groups excluding carboxylic acids is 1. The van der Waals surface area contributed by atoms with Crippen LogP contribution >= 0.6 is 22.6 Å². The molecule has 1 aliphatic heterocycles. The minimum absolute atomic E-state index is 0.0723. The topological polar surface area (TPSA) is 57.6 Å². The first-order valence-electron chi connectivity index (χ1n) is 7.25. The van der Waals surface area contributed by atoms with Crippen LogP contribution in [0.2, 0.25) is 0 Å². The van der Waals surface area contributed by atoms with Gasteiger partial charge in [0.15, 0.2) is 0 Å². The Kier molecular flexibility index (Phi) is 5.61. The molecule has 2 rings (SSSR count). The summed E-state index contributed by atoms with van der Waals surface area (Å²) in [6, 6.07) is 5.79. The number of hydrogen-bond acceptors (Lipinski definition) is 2. The second-order valence-corrected chi connectivity index (χ2v) is 6.71. The molecule has 1 heterocycles. The quantitative estimate of drug-likeness (QED) is 0.788. The molecule has 1 aliphatic rings. The molecule has 1 atom stereocenters. The van der Waals surface area contributed by atoms with Crippen LogP contribution < -0.4 is 0 Å². The van der Waals surface area contributed by atoms with Crippen molar-refractivity contribution in [3.8, 4) is 0 Å². The number of nitrogens with zero attached hydrogens (tertiary/aromatic N) is 1. The molecule has 1 fully saturated rings. The predicted octanol–water partition coefficient (Wildman–Crippen LogP) is 3.32. The minimum atomic E-state index is -0.758. The maximum atomic E-state index is 12.7. The summed E-state index contributed by atoms with van der Waals surface area (Å²) in [6.07, 6.45) is 2.82. The summed E-state index contributed by atoms with van der Waals surface area (Å²) in [5, 5.41) is 8.78. The SMILES string of the molecule is Cc1cccc(C(=O)N2CCCC(CCC(=O)O)C2)c1I. The van der Waals surface area contributed by atoms with Crippen molar-refractivity contribution >= 4 is 34.5 Å². The molecule has 21 heavy (non-hydrogen) atoms. The van der Waals surface area contributed by atoms with Crippen LogP contribution in [0.4, 0.5) is 0 Å². The molecule has 1 N–H and O–H groups in total. The Morgan fingerprint density at radius 1 is 1.43 bits per heavy atom. The van der Waals surface area contributed by atoms with E-state index in [9.17, 15) is 9.59 Å². The second kappa shape index (κ2) is 7.24. The molecular formula is C16H20INO3. The van der Waals surface area contributed by atoms with Gasteiger partial charge in [-0.25, -0.2) is 0 Å². The molecule has 0 radical (unpaired) electrons. The Morgan fingerprint density at radius 3 is 2.90 bits per heavy atom. The zero-order valence-electron chi connectivity index (χ0n) is 12.1. The number of likely N-dealkylation sites (tertiary alicyclic amines) is 1. The molecule has 0 saturated carbocycles. The number of amides is 1. The van der Waals surface area contributed by atoms with E-state index in [0.717, 1.165) is 34.1 Å². The monoisotopic (exact) mass is 401 g/mol. The fourth-order valence-electron chi connectivity index (χ4n) is 2.80. The minimum Gasteiger partial charge on any atom is -0.481 e. The van der Waals surface area contributed by atoms with E-state index in [1.807, 2.05) is 30.0 Å². The lowest BCUT2D eigenvalue weighted by molar-refractivity contribution is -0.137. The summed E-state index contributed by atoms with van der Waals surface area (Å²) in [5.74, 6) is -0.379. The van der Waals surface area contributed by atoms with E-state index in [4.69, 9.17) is 5.11 Å². The van der Waals surface area contributed by atoms with Crippen LogP contribution in [-0.2, 0) is 4.79 Å². The maximum Gasteiger partial charge on any atom is 0.303 e. The van der Waals surface area contributed by atoms with Crippen LogP contribution in [0.15, 0.2) is 18.2 Å². The molecule has 1 unspecified atom stereocenters. The summed E-state index contributed by atoms with van der Waals surface area (Å²) < 4.78 is 1.01. The highest BCUT2D eigenvalue weighted by atomic mass is 127. The third-order valence-electron chi connectivity index (χ3n) is 3.99. The van der Waals surface area contributed by atoms with Gasteiger partial charge in [0, 0.05) is 23.1 Å². The van der Waals surface area contributed by atoms with Crippen LogP contribution in [0.25, 0.3) is 0 Å². The van der Waals surface area contributed by atoms with Gasteiger partial charge in [-0.2, -0.15) is 0 Å². The molecule has 1 saturated heterocycles. The van der Waals surface area contributed by atoms with Crippen LogP contribution in [0.5, 0.6) is 0 Å². The highest BCUT2D eigenvalue weighted by Gasteiger charge is 2.26. The summed E-state index contributed by atoms with van der Waals surface area (Å²) in [5.41, 5.74) is 1.87. The van der Waals surface area contributed by atoms with Crippen molar-refractivity contribution < 1.29 is 14.7 Å². The summed E-state index contributed by atoms with van der Waals surface area (Å²) in [7, 11) is 0. The molecule has 1 aromatic carbocycles. The second-order valence-electron chi connectivity index (χ2n) is 5.63. The standard InChI is InChI=1S/C16H20INO3/c1-11-4-2-6-13(15(11)17)16(21)18-9-3-5-12(10-18)7-8-14(19)20/h2,4,6,12H,3,5,7-10H2,1H3,(H,19,20). The van der Waals surface area contributed by atoms with Crippen molar-refractivity contribution in [3.63, 3.8) is 0 Å². The summed E-state index contributed by atoms with van der Waals surface area (Å²) >= 11 is 2.22. The fraction of sp³-hybridized carbons (Fsp3) is 0.500. The van der Waals surface area contributed by atoms with Gasteiger partial charge in [-0.3, -0.25) is 9.59 Å². The number of aryl methyl sites for hydroxylation is 1. The Labute approximate surface area is 138 Å². The summed E-state index contributed by atoms with van der Waals surface area (Å²) in [4.78, 5) is 25.2. The Morgan fingerprint density at radius 2 is 2.19 bits per heavy atom. The molecular weight excluding hydrogens is 381 g/mol.